The topological polar surface area (TPSA) is 82.3 Å². The van der Waals surface area contributed by atoms with Crippen LogP contribution in [0.15, 0.2) is 12.3 Å². The van der Waals surface area contributed by atoms with Gasteiger partial charge in [0.25, 0.3) is 0 Å². The Hall–Kier alpha value is -1.91. The highest BCUT2D eigenvalue weighted by Crippen LogP contribution is 2.13. The molecule has 1 aromatic heterocycles. The first-order valence-corrected chi connectivity index (χ1v) is 4.53. The largest absolute Gasteiger partial charge is 0.466 e. The molecule has 5 nitrogen and oxygen atoms in total. The Bertz CT molecular complexity index is 377. The highest BCUT2D eigenvalue weighted by molar-refractivity contribution is 5.85. The molecule has 0 atom stereocenters. The van der Waals surface area contributed by atoms with Crippen LogP contribution < -0.4 is 5.73 Å². The number of carbonyl (C=O) groups is 2. The molecule has 0 aliphatic carbocycles. The molecule has 15 heavy (non-hydrogen) atoms. The minimum absolute atomic E-state index is 0.0125. The quantitative estimate of drug-likeness (QED) is 0.578. The van der Waals surface area contributed by atoms with Gasteiger partial charge in [0.2, 0.25) is 0 Å². The molecule has 0 spiro atoms. The number of anilines is 1. The number of aromatic nitrogens is 1. The zero-order chi connectivity index (χ0) is 11.3. The minimum Gasteiger partial charge on any atom is -0.466 e. The molecule has 0 aliphatic heterocycles. The first-order valence-electron chi connectivity index (χ1n) is 4.53. The van der Waals surface area contributed by atoms with Gasteiger partial charge in [-0.25, -0.2) is 0 Å². The molecule has 0 bridgehead atoms. The number of nitrogens with two attached hydrogens (primary N) is 1. The van der Waals surface area contributed by atoms with Gasteiger partial charge in [-0.3, -0.25) is 14.6 Å². The van der Waals surface area contributed by atoms with Crippen molar-refractivity contribution in [1.29, 1.82) is 0 Å². The Morgan fingerprint density at radius 1 is 1.67 bits per heavy atom. The van der Waals surface area contributed by atoms with Crippen molar-refractivity contribution >= 4 is 17.9 Å². The highest BCUT2D eigenvalue weighted by Gasteiger charge is 2.10. The molecule has 1 rings (SSSR count). The Balaban J connectivity index is 2.85. The predicted molar refractivity (Wildman–Crippen MR) is 54.4 cm³/mol. The average molecular weight is 208 g/mol. The van der Waals surface area contributed by atoms with Crippen molar-refractivity contribution in [2.45, 2.75) is 13.3 Å². The van der Waals surface area contributed by atoms with Gasteiger partial charge in [-0.1, -0.05) is 0 Å². The fourth-order valence-electron chi connectivity index (χ4n) is 1.13. The van der Waals surface area contributed by atoms with Crippen LogP contribution in [-0.4, -0.2) is 23.8 Å². The maximum atomic E-state index is 11.2. The monoisotopic (exact) mass is 208 g/mol. The number of pyridine rings is 1. The van der Waals surface area contributed by atoms with E-state index >= 15 is 0 Å². The van der Waals surface area contributed by atoms with Gasteiger partial charge in [-0.2, -0.15) is 0 Å². The van der Waals surface area contributed by atoms with Gasteiger partial charge in [0, 0.05) is 11.8 Å². The summed E-state index contributed by atoms with van der Waals surface area (Å²) in [5.41, 5.74) is 6.58. The van der Waals surface area contributed by atoms with E-state index in [4.69, 9.17) is 10.5 Å². The molecule has 0 radical (unpaired) electrons. The predicted octanol–water partition coefficient (Wildman–Crippen LogP) is 0.582. The maximum Gasteiger partial charge on any atom is 0.311 e. The zero-order valence-corrected chi connectivity index (χ0v) is 8.40. The molecule has 80 valence electrons. The molecule has 0 saturated heterocycles. The summed E-state index contributed by atoms with van der Waals surface area (Å²) in [6.07, 6.45) is 2.06. The number of esters is 1. The smallest absolute Gasteiger partial charge is 0.311 e. The fraction of sp³-hybridized carbons (Fsp3) is 0.300. The lowest BCUT2D eigenvalue weighted by molar-refractivity contribution is -0.142. The van der Waals surface area contributed by atoms with Gasteiger partial charge in [-0.15, -0.1) is 0 Å². The Morgan fingerprint density at radius 3 is 3.00 bits per heavy atom. The average Bonchev–Trinajstić information content (AvgIpc) is 2.21. The van der Waals surface area contributed by atoms with Gasteiger partial charge in [0.15, 0.2) is 6.29 Å². The Labute approximate surface area is 87.3 Å². The van der Waals surface area contributed by atoms with Crippen molar-refractivity contribution < 1.29 is 14.3 Å². The van der Waals surface area contributed by atoms with Crippen molar-refractivity contribution in [2.24, 2.45) is 0 Å². The maximum absolute atomic E-state index is 11.2. The molecular weight excluding hydrogens is 196 g/mol. The van der Waals surface area contributed by atoms with Crippen molar-refractivity contribution in [3.63, 3.8) is 0 Å². The number of ether oxygens (including phenoxy) is 1. The number of hydrogen-bond donors (Lipinski definition) is 1. The first-order chi connectivity index (χ1) is 7.19. The molecule has 0 saturated carbocycles. The lowest BCUT2D eigenvalue weighted by Gasteiger charge is -2.05. The van der Waals surface area contributed by atoms with Crippen molar-refractivity contribution in [3.8, 4) is 0 Å². The Morgan fingerprint density at radius 2 is 2.40 bits per heavy atom. The molecule has 0 unspecified atom stereocenters. The summed E-state index contributed by atoms with van der Waals surface area (Å²) in [6, 6.07) is 1.50. The second kappa shape index (κ2) is 5.09. The van der Waals surface area contributed by atoms with E-state index < -0.39 is 5.97 Å². The van der Waals surface area contributed by atoms with Crippen molar-refractivity contribution in [2.75, 3.05) is 12.3 Å². The van der Waals surface area contributed by atoms with Crippen LogP contribution >= 0.6 is 0 Å². The number of hydrogen-bond acceptors (Lipinski definition) is 5. The minimum atomic E-state index is -0.403. The standard InChI is InChI=1S/C10H12N2O3/c1-2-15-9(14)5-8-10(11)7(6-13)3-4-12-8/h3-4,6H,2,5,11H2,1H3. The number of nitrogen functional groups attached to an aromatic ring is 1. The van der Waals surface area contributed by atoms with Gasteiger partial charge in [-0.05, 0) is 13.0 Å². The molecule has 2 N–H and O–H groups in total. The molecule has 1 heterocycles. The number of rotatable bonds is 4. The van der Waals surface area contributed by atoms with E-state index in [2.05, 4.69) is 4.98 Å². The van der Waals surface area contributed by atoms with E-state index in [1.165, 1.54) is 12.3 Å². The summed E-state index contributed by atoms with van der Waals surface area (Å²) >= 11 is 0. The third-order valence-corrected chi connectivity index (χ3v) is 1.85. The third kappa shape index (κ3) is 2.77. The normalized spacial score (nSPS) is 9.67. The van der Waals surface area contributed by atoms with Crippen molar-refractivity contribution in [1.82, 2.24) is 4.98 Å². The molecule has 5 heteroatoms. The molecule has 1 aromatic rings. The van der Waals surface area contributed by atoms with Gasteiger partial charge < -0.3 is 10.5 Å². The van der Waals surface area contributed by atoms with Crippen LogP contribution in [0.2, 0.25) is 0 Å². The zero-order valence-electron chi connectivity index (χ0n) is 8.40. The van der Waals surface area contributed by atoms with E-state index in [-0.39, 0.29) is 12.1 Å². The first kappa shape index (κ1) is 11.2. The molecule has 0 fully saturated rings. The second-order valence-electron chi connectivity index (χ2n) is 2.86. The van der Waals surface area contributed by atoms with E-state index in [1.54, 1.807) is 6.92 Å². The summed E-state index contributed by atoms with van der Waals surface area (Å²) in [5.74, 6) is -0.403. The number of nitrogens with zero attached hydrogens (tertiary/aromatic N) is 1. The summed E-state index contributed by atoms with van der Waals surface area (Å²) in [7, 11) is 0. The molecule has 0 amide bonds. The third-order valence-electron chi connectivity index (χ3n) is 1.85. The van der Waals surface area contributed by atoms with E-state index in [0.717, 1.165) is 0 Å². The van der Waals surface area contributed by atoms with E-state index in [1.807, 2.05) is 0 Å². The van der Waals surface area contributed by atoms with Crippen molar-refractivity contribution in [3.05, 3.63) is 23.5 Å². The summed E-state index contributed by atoms with van der Waals surface area (Å²) in [4.78, 5) is 25.6. The van der Waals surface area contributed by atoms with Crippen LogP contribution in [0, 0.1) is 0 Å². The summed E-state index contributed by atoms with van der Waals surface area (Å²) in [5, 5.41) is 0. The highest BCUT2D eigenvalue weighted by atomic mass is 16.5. The SMILES string of the molecule is CCOC(=O)Cc1nccc(C=O)c1N. The lowest BCUT2D eigenvalue weighted by atomic mass is 10.1. The van der Waals surface area contributed by atoms with Crippen LogP contribution in [0.1, 0.15) is 23.0 Å². The second-order valence-corrected chi connectivity index (χ2v) is 2.86. The number of aldehydes is 1. The Kier molecular flexibility index (Phi) is 3.79. The summed E-state index contributed by atoms with van der Waals surface area (Å²) in [6.45, 7) is 2.03. The summed E-state index contributed by atoms with van der Waals surface area (Å²) < 4.78 is 4.75. The van der Waals surface area contributed by atoms with Crippen LogP contribution in [-0.2, 0) is 16.0 Å². The van der Waals surface area contributed by atoms with E-state index in [9.17, 15) is 9.59 Å². The van der Waals surface area contributed by atoms with Gasteiger partial charge in [0.05, 0.1) is 24.4 Å². The van der Waals surface area contributed by atoms with Crippen LogP contribution in [0.4, 0.5) is 5.69 Å². The molecular formula is C10H12N2O3. The van der Waals surface area contributed by atoms with Crippen LogP contribution in [0.3, 0.4) is 0 Å². The van der Waals surface area contributed by atoms with Gasteiger partial charge >= 0.3 is 5.97 Å². The fourth-order valence-corrected chi connectivity index (χ4v) is 1.13. The molecule has 0 aliphatic rings. The molecule has 0 aromatic carbocycles. The lowest BCUT2D eigenvalue weighted by Crippen LogP contribution is -2.11. The van der Waals surface area contributed by atoms with Gasteiger partial charge in [0.1, 0.15) is 0 Å². The van der Waals surface area contributed by atoms with Crippen LogP contribution in [0.25, 0.3) is 0 Å². The van der Waals surface area contributed by atoms with E-state index in [0.29, 0.717) is 24.2 Å². The van der Waals surface area contributed by atoms with Crippen LogP contribution in [0.5, 0.6) is 0 Å². The number of carbonyl (C=O) groups excluding carboxylic acids is 2.